The van der Waals surface area contributed by atoms with Crippen LogP contribution in [0.2, 0.25) is 0 Å². The standard InChI is InChI=1S/C40H24N4/c1-44-35-14-3-2-13-32(35)43-40(44)34-22-41-33(21-42-34)27-19-26-18-17-25-8-5-11-29-28-10-4-7-23-15-16-24-9-6-12-30(38(24)36(23)28)31(20-27)39(26)37(25)29/h2-22H,1H3. The average Bonchev–Trinajstić information content (AvgIpc) is 3.42. The lowest BCUT2D eigenvalue weighted by Gasteiger charge is -2.16. The van der Waals surface area contributed by atoms with E-state index in [0.29, 0.717) is 0 Å². The Morgan fingerprint density at radius 1 is 0.477 bits per heavy atom. The summed E-state index contributed by atoms with van der Waals surface area (Å²) >= 11 is 0. The highest BCUT2D eigenvalue weighted by Gasteiger charge is 2.17. The van der Waals surface area contributed by atoms with E-state index in [-0.39, 0.29) is 0 Å². The third-order valence-electron chi connectivity index (χ3n) is 9.39. The average molecular weight is 561 g/mol. The molecule has 0 aliphatic heterocycles. The van der Waals surface area contributed by atoms with Crippen molar-refractivity contribution in [3.63, 3.8) is 0 Å². The molecule has 0 unspecified atom stereocenters. The number of hydrogen-bond acceptors (Lipinski definition) is 3. The molecule has 0 fully saturated rings. The van der Waals surface area contributed by atoms with Crippen LogP contribution < -0.4 is 0 Å². The van der Waals surface area contributed by atoms with Crippen molar-refractivity contribution < 1.29 is 0 Å². The molecule has 0 N–H and O–H groups in total. The van der Waals surface area contributed by atoms with Crippen LogP contribution >= 0.6 is 0 Å². The second-order valence-corrected chi connectivity index (χ2v) is 11.7. The van der Waals surface area contributed by atoms with Crippen LogP contribution in [0.1, 0.15) is 0 Å². The molecule has 0 spiro atoms. The predicted molar refractivity (Wildman–Crippen MR) is 183 cm³/mol. The van der Waals surface area contributed by atoms with E-state index in [0.717, 1.165) is 33.8 Å². The fourth-order valence-corrected chi connectivity index (χ4v) is 7.40. The minimum Gasteiger partial charge on any atom is -0.326 e. The molecule has 4 nitrogen and oxygen atoms in total. The molecule has 0 atom stereocenters. The van der Waals surface area contributed by atoms with Crippen molar-refractivity contribution in [1.82, 2.24) is 19.5 Å². The summed E-state index contributed by atoms with van der Waals surface area (Å²) in [7, 11) is 2.03. The Morgan fingerprint density at radius 2 is 1.02 bits per heavy atom. The number of imidazole rings is 1. The molecule has 4 heteroatoms. The molecular weight excluding hydrogens is 536 g/mol. The molecule has 10 rings (SSSR count). The van der Waals surface area contributed by atoms with E-state index in [4.69, 9.17) is 15.0 Å². The van der Waals surface area contributed by atoms with Crippen molar-refractivity contribution in [1.29, 1.82) is 0 Å². The molecule has 0 amide bonds. The van der Waals surface area contributed by atoms with E-state index < -0.39 is 0 Å². The van der Waals surface area contributed by atoms with Crippen LogP contribution in [0, 0.1) is 0 Å². The van der Waals surface area contributed by atoms with Crippen LogP contribution in [0.15, 0.2) is 128 Å². The van der Waals surface area contributed by atoms with Gasteiger partial charge in [0.05, 0.1) is 29.1 Å². The van der Waals surface area contributed by atoms with Crippen LogP contribution in [0.4, 0.5) is 0 Å². The van der Waals surface area contributed by atoms with E-state index in [9.17, 15) is 0 Å². The number of hydrogen-bond donors (Lipinski definition) is 0. The number of aryl methyl sites for hydroxylation is 1. The molecule has 8 aromatic carbocycles. The lowest BCUT2D eigenvalue weighted by molar-refractivity contribution is 0.947. The SMILES string of the molecule is Cn1c(-c2cnc(-c3cc4ccc5cccc6c7cccc8ccc9cccc(c(c3)c4c56)c9c87)cn2)nc2ccccc21. The number of fused-ring (bicyclic) bond motifs is 3. The summed E-state index contributed by atoms with van der Waals surface area (Å²) in [4.78, 5) is 14.6. The summed E-state index contributed by atoms with van der Waals surface area (Å²) < 4.78 is 2.08. The zero-order valence-corrected chi connectivity index (χ0v) is 23.9. The quantitative estimate of drug-likeness (QED) is 0.198. The van der Waals surface area contributed by atoms with Crippen LogP contribution in [0.3, 0.4) is 0 Å². The summed E-state index contributed by atoms with van der Waals surface area (Å²) in [6.07, 6.45) is 3.73. The highest BCUT2D eigenvalue weighted by atomic mass is 15.1. The first-order chi connectivity index (χ1) is 21.7. The molecule has 0 saturated carbocycles. The van der Waals surface area contributed by atoms with Gasteiger partial charge in [0.25, 0.3) is 0 Å². The molecule has 2 aromatic heterocycles. The van der Waals surface area contributed by atoms with Gasteiger partial charge in [0, 0.05) is 12.6 Å². The summed E-state index contributed by atoms with van der Waals surface area (Å²) in [5.41, 5.74) is 4.67. The second kappa shape index (κ2) is 8.59. The van der Waals surface area contributed by atoms with E-state index >= 15 is 0 Å². The molecule has 0 radical (unpaired) electrons. The second-order valence-electron chi connectivity index (χ2n) is 11.7. The van der Waals surface area contributed by atoms with Gasteiger partial charge in [-0.15, -0.1) is 0 Å². The third kappa shape index (κ3) is 3.14. The van der Waals surface area contributed by atoms with Crippen molar-refractivity contribution in [2.75, 3.05) is 0 Å². The van der Waals surface area contributed by atoms with Crippen LogP contribution in [-0.4, -0.2) is 19.5 Å². The van der Waals surface area contributed by atoms with Gasteiger partial charge in [0.1, 0.15) is 5.69 Å². The van der Waals surface area contributed by atoms with Crippen LogP contribution in [0.25, 0.3) is 98.4 Å². The zero-order valence-electron chi connectivity index (χ0n) is 23.9. The molecular formula is C40H24N4. The fourth-order valence-electron chi connectivity index (χ4n) is 7.40. The van der Waals surface area contributed by atoms with Gasteiger partial charge in [-0.1, -0.05) is 91.0 Å². The van der Waals surface area contributed by atoms with Gasteiger partial charge >= 0.3 is 0 Å². The highest BCUT2D eigenvalue weighted by Crippen LogP contribution is 2.44. The van der Waals surface area contributed by atoms with Crippen molar-refractivity contribution in [2.24, 2.45) is 7.05 Å². The fraction of sp³-hybridized carbons (Fsp3) is 0.0250. The number of aromatic nitrogens is 4. The number of para-hydroxylation sites is 2. The first-order valence-corrected chi connectivity index (χ1v) is 14.9. The molecule has 44 heavy (non-hydrogen) atoms. The third-order valence-corrected chi connectivity index (χ3v) is 9.39. The van der Waals surface area contributed by atoms with Crippen LogP contribution in [-0.2, 0) is 7.05 Å². The maximum Gasteiger partial charge on any atom is 0.161 e. The molecule has 0 saturated heterocycles. The lowest BCUT2D eigenvalue weighted by atomic mass is 9.87. The van der Waals surface area contributed by atoms with Gasteiger partial charge in [0.15, 0.2) is 5.82 Å². The Morgan fingerprint density at radius 3 is 1.64 bits per heavy atom. The van der Waals surface area contributed by atoms with Crippen LogP contribution in [0.5, 0.6) is 0 Å². The van der Waals surface area contributed by atoms with E-state index in [1.165, 1.54) is 64.6 Å². The van der Waals surface area contributed by atoms with Gasteiger partial charge in [-0.2, -0.15) is 0 Å². The molecule has 2 heterocycles. The Kier molecular flexibility index (Phi) is 4.62. The van der Waals surface area contributed by atoms with E-state index in [2.05, 4.69) is 102 Å². The molecule has 10 aromatic rings. The van der Waals surface area contributed by atoms with Crippen molar-refractivity contribution in [3.8, 4) is 22.8 Å². The van der Waals surface area contributed by atoms with Crippen molar-refractivity contribution in [3.05, 3.63) is 128 Å². The largest absolute Gasteiger partial charge is 0.326 e. The number of rotatable bonds is 2. The summed E-state index contributed by atoms with van der Waals surface area (Å²) in [5, 5.41) is 15.2. The van der Waals surface area contributed by atoms with Crippen molar-refractivity contribution >= 4 is 75.7 Å². The summed E-state index contributed by atoms with van der Waals surface area (Å²) in [6, 6.07) is 41.9. The maximum atomic E-state index is 4.95. The maximum absolute atomic E-state index is 4.95. The van der Waals surface area contributed by atoms with Gasteiger partial charge in [-0.25, -0.2) is 9.97 Å². The van der Waals surface area contributed by atoms with Crippen molar-refractivity contribution in [2.45, 2.75) is 0 Å². The molecule has 0 aliphatic rings. The van der Waals surface area contributed by atoms with Gasteiger partial charge < -0.3 is 4.57 Å². The predicted octanol–water partition coefficient (Wildman–Crippen LogP) is 10.1. The Balaban J connectivity index is 1.30. The molecule has 0 aliphatic carbocycles. The molecule has 0 bridgehead atoms. The van der Waals surface area contributed by atoms with Gasteiger partial charge in [0.2, 0.25) is 0 Å². The minimum absolute atomic E-state index is 0.756. The number of nitrogens with zero attached hydrogens (tertiary/aromatic N) is 4. The minimum atomic E-state index is 0.756. The summed E-state index contributed by atoms with van der Waals surface area (Å²) in [5.74, 6) is 0.809. The molecule has 204 valence electrons. The first kappa shape index (κ1) is 23.7. The Hall–Kier alpha value is -5.87. The smallest absolute Gasteiger partial charge is 0.161 e. The first-order valence-electron chi connectivity index (χ1n) is 14.9. The summed E-state index contributed by atoms with van der Waals surface area (Å²) in [6.45, 7) is 0. The number of benzene rings is 7. The monoisotopic (exact) mass is 560 g/mol. The normalized spacial score (nSPS) is 12.2. The lowest BCUT2D eigenvalue weighted by Crippen LogP contribution is -1.96. The van der Waals surface area contributed by atoms with Gasteiger partial charge in [-0.3, -0.25) is 4.98 Å². The Labute approximate surface area is 252 Å². The van der Waals surface area contributed by atoms with E-state index in [1.54, 1.807) is 0 Å². The topological polar surface area (TPSA) is 43.6 Å². The zero-order chi connectivity index (χ0) is 28.9. The van der Waals surface area contributed by atoms with E-state index in [1.807, 2.05) is 37.6 Å². The van der Waals surface area contributed by atoms with Gasteiger partial charge in [-0.05, 0) is 88.9 Å². The Bertz CT molecular complexity index is 2770. The highest BCUT2D eigenvalue weighted by molar-refractivity contribution is 6.37.